The quantitative estimate of drug-likeness (QED) is 0.0133. The van der Waals surface area contributed by atoms with Gasteiger partial charge in [-0.25, -0.2) is 35.7 Å². The number of aliphatic hydroxyl groups excluding tert-OH is 1. The van der Waals surface area contributed by atoms with Crippen LogP contribution in [0, 0.1) is 0 Å². The van der Waals surface area contributed by atoms with Crippen molar-refractivity contribution in [3.05, 3.63) is 71.8 Å². The number of urea groups is 3. The molecule has 2 aromatic rings. The molecule has 0 saturated carbocycles. The Morgan fingerprint density at radius 2 is 1.20 bits per heavy atom. The number of benzene rings is 2. The third-order valence-corrected chi connectivity index (χ3v) is 12.7. The molecular weight excluding hydrogens is 991 g/mol. The fourth-order valence-electron chi connectivity index (χ4n) is 8.98. The summed E-state index contributed by atoms with van der Waals surface area (Å²) in [5.74, 6) is 1.46. The van der Waals surface area contributed by atoms with E-state index in [0.717, 1.165) is 15.0 Å². The maximum atomic E-state index is 14.1. The minimum Gasteiger partial charge on any atom is -0.394 e. The second-order valence-corrected chi connectivity index (χ2v) is 18.3. The van der Waals surface area contributed by atoms with E-state index in [-0.39, 0.29) is 83.5 Å². The highest BCUT2D eigenvalue weighted by Gasteiger charge is 2.43. The lowest BCUT2D eigenvalue weighted by molar-refractivity contribution is -0.143. The number of primary amides is 1. The van der Waals surface area contributed by atoms with Crippen LogP contribution >= 0.6 is 0 Å². The van der Waals surface area contributed by atoms with Gasteiger partial charge < -0.3 is 64.4 Å². The van der Waals surface area contributed by atoms with Gasteiger partial charge in [0.1, 0.15) is 30.2 Å². The summed E-state index contributed by atoms with van der Waals surface area (Å²) in [6.07, 6.45) is 2.69. The zero-order valence-corrected chi connectivity index (χ0v) is 42.3. The van der Waals surface area contributed by atoms with E-state index in [1.54, 1.807) is 60.7 Å². The molecule has 3 aliphatic rings. The van der Waals surface area contributed by atoms with Crippen molar-refractivity contribution < 1.29 is 48.3 Å². The molecule has 3 fully saturated rings. The standard InChI is InChI=1S/C47H71N19O10/c48-43(49)54-19-10-24-64(53)47(76)63-23-9-18-36(63)42(73)62-22-7-16-34(62)39(70)56-27-37(68)57-32(26-30-12-3-1-4-13-30)38(69)58-33(29-67)41(72)61-21-8-17-35(61)40(71)59-66(28-31-14-5-2-6-15-31)46(75)60-65(45(52)74)25-11-20-55-44(50)51/h1-6,12-15,32-36,67H,7-11,16-29,53H2,(H2,52,74)(H,56,70)(H,57,68)(H,58,69)(H,59,71)(H,60,75)(H4,48,49,54)(H4,50,51,55)/t32-,33-,34-,35-,36-/m0/s1. The van der Waals surface area contributed by atoms with Crippen LogP contribution in [0.1, 0.15) is 62.5 Å². The number of hydrogen-bond donors (Lipinski definition) is 12. The van der Waals surface area contributed by atoms with Crippen molar-refractivity contribution in [3.63, 3.8) is 0 Å². The Morgan fingerprint density at radius 3 is 1.79 bits per heavy atom. The van der Waals surface area contributed by atoms with Crippen LogP contribution in [0.3, 0.4) is 0 Å². The summed E-state index contributed by atoms with van der Waals surface area (Å²) in [7, 11) is 0. The van der Waals surface area contributed by atoms with Gasteiger partial charge in [0.15, 0.2) is 11.9 Å². The van der Waals surface area contributed by atoms with Gasteiger partial charge in [-0.05, 0) is 62.5 Å². The van der Waals surface area contributed by atoms with E-state index in [1.165, 1.54) is 14.7 Å². The molecule has 2 aromatic carbocycles. The van der Waals surface area contributed by atoms with Crippen LogP contribution in [0.5, 0.6) is 0 Å². The maximum Gasteiger partial charge on any atom is 0.355 e. The number of hydrogen-bond acceptors (Lipinski definition) is 13. The Balaban J connectivity index is 1.21. The molecule has 0 spiro atoms. The number of nitrogens with one attached hydrogen (secondary N) is 5. The first-order valence-corrected chi connectivity index (χ1v) is 24.9. The second kappa shape index (κ2) is 28.8. The van der Waals surface area contributed by atoms with Crippen LogP contribution in [-0.2, 0) is 41.7 Å². The smallest absolute Gasteiger partial charge is 0.355 e. The highest BCUT2D eigenvalue weighted by molar-refractivity contribution is 5.97. The van der Waals surface area contributed by atoms with Crippen molar-refractivity contribution in [1.29, 1.82) is 0 Å². The molecule has 414 valence electrons. The van der Waals surface area contributed by atoms with Crippen LogP contribution < -0.4 is 61.3 Å². The van der Waals surface area contributed by atoms with Gasteiger partial charge in [0.2, 0.25) is 29.5 Å². The summed E-state index contributed by atoms with van der Waals surface area (Å²) < 4.78 is 0. The van der Waals surface area contributed by atoms with E-state index in [1.807, 2.05) is 0 Å². The van der Waals surface area contributed by atoms with Crippen LogP contribution in [0.15, 0.2) is 70.6 Å². The normalized spacial score (nSPS) is 17.6. The topological polar surface area (TPSA) is 434 Å². The number of amides is 12. The minimum atomic E-state index is -1.59. The van der Waals surface area contributed by atoms with Crippen LogP contribution in [0.25, 0.3) is 0 Å². The van der Waals surface area contributed by atoms with Crippen molar-refractivity contribution in [1.82, 2.24) is 56.5 Å². The Kier molecular flexibility index (Phi) is 22.2. The first-order chi connectivity index (χ1) is 36.4. The monoisotopic (exact) mass is 1060 g/mol. The Morgan fingerprint density at radius 1 is 0.645 bits per heavy atom. The van der Waals surface area contributed by atoms with Crippen molar-refractivity contribution in [2.45, 2.75) is 94.5 Å². The van der Waals surface area contributed by atoms with Crippen molar-refractivity contribution in [3.8, 4) is 0 Å². The van der Waals surface area contributed by atoms with Gasteiger partial charge in [-0.15, -0.1) is 0 Å². The van der Waals surface area contributed by atoms with Gasteiger partial charge >= 0.3 is 18.1 Å². The second-order valence-electron chi connectivity index (χ2n) is 18.3. The molecule has 5 rings (SSSR count). The molecule has 0 aromatic heterocycles. The number of nitrogens with two attached hydrogens (primary N) is 6. The zero-order valence-electron chi connectivity index (χ0n) is 42.3. The lowest BCUT2D eigenvalue weighted by Gasteiger charge is -2.32. The number of hydrazine groups is 3. The lowest BCUT2D eigenvalue weighted by atomic mass is 10.0. The zero-order chi connectivity index (χ0) is 55.3. The molecule has 0 aliphatic carbocycles. The summed E-state index contributed by atoms with van der Waals surface area (Å²) >= 11 is 0. The van der Waals surface area contributed by atoms with E-state index in [0.29, 0.717) is 49.7 Å². The predicted molar refractivity (Wildman–Crippen MR) is 275 cm³/mol. The van der Waals surface area contributed by atoms with Gasteiger partial charge in [0.05, 0.1) is 19.7 Å². The van der Waals surface area contributed by atoms with E-state index in [4.69, 9.17) is 34.5 Å². The molecule has 0 unspecified atom stereocenters. The summed E-state index contributed by atoms with van der Waals surface area (Å²) in [5.41, 5.74) is 33.1. The van der Waals surface area contributed by atoms with Crippen LogP contribution in [0.2, 0.25) is 0 Å². The SMILES string of the molecule is NC(=O)N(CCCN=C(N)N)NC(=O)N(Cc1ccccc1)NC(=O)[C@@H]1CCCN1C(=O)[C@H](CO)NC(=O)[C@H](Cc1ccccc1)NC(=O)CNC(=O)[C@@H]1CCCN1C(=O)[C@@H]1CCCN1C(=O)N(N)CCCN=C(N)N. The molecule has 12 amide bonds. The highest BCUT2D eigenvalue weighted by atomic mass is 16.3. The lowest BCUT2D eigenvalue weighted by Crippen LogP contribution is -2.61. The summed E-state index contributed by atoms with van der Waals surface area (Å²) in [4.78, 5) is 134. The average Bonchev–Trinajstić information content (AvgIpc) is 4.22. The molecule has 5 atom stereocenters. The first kappa shape index (κ1) is 58.4. The summed E-state index contributed by atoms with van der Waals surface area (Å²) in [5, 5.41) is 20.9. The average molecular weight is 1060 g/mol. The van der Waals surface area contributed by atoms with Gasteiger partial charge in [-0.3, -0.25) is 49.2 Å². The number of nitrogens with zero attached hydrogens (tertiary/aromatic N) is 8. The number of guanidine groups is 2. The van der Waals surface area contributed by atoms with Gasteiger partial charge in [0, 0.05) is 52.2 Å². The number of rotatable bonds is 22. The fourth-order valence-corrected chi connectivity index (χ4v) is 8.98. The number of carbonyl (C=O) groups excluding carboxylic acids is 9. The molecule has 76 heavy (non-hydrogen) atoms. The number of likely N-dealkylation sites (tertiary alicyclic amines) is 3. The minimum absolute atomic E-state index is 0.0411. The molecule has 29 nitrogen and oxygen atoms in total. The van der Waals surface area contributed by atoms with E-state index >= 15 is 0 Å². The van der Waals surface area contributed by atoms with Crippen molar-refractivity contribution in [2.24, 2.45) is 44.5 Å². The molecule has 29 heteroatoms. The molecule has 0 bridgehead atoms. The number of aliphatic hydroxyl groups is 1. The largest absolute Gasteiger partial charge is 0.394 e. The maximum absolute atomic E-state index is 14.1. The van der Waals surface area contributed by atoms with Gasteiger partial charge in [-0.2, -0.15) is 0 Å². The van der Waals surface area contributed by atoms with Gasteiger partial charge in [-0.1, -0.05) is 60.7 Å². The Hall–Kier alpha value is -8.47. The van der Waals surface area contributed by atoms with Crippen LogP contribution in [0.4, 0.5) is 14.4 Å². The third kappa shape index (κ3) is 17.0. The summed E-state index contributed by atoms with van der Waals surface area (Å²) in [6.45, 7) is -0.710. The first-order valence-electron chi connectivity index (χ1n) is 24.9. The molecular formula is C47H71N19O10. The predicted octanol–water partition coefficient (Wildman–Crippen LogP) is -4.09. The molecule has 3 aliphatic heterocycles. The van der Waals surface area contributed by atoms with E-state index in [9.17, 15) is 48.3 Å². The van der Waals surface area contributed by atoms with Gasteiger partial charge in [0.25, 0.3) is 5.91 Å². The Labute approximate surface area is 439 Å². The van der Waals surface area contributed by atoms with E-state index < -0.39 is 96.9 Å². The third-order valence-electron chi connectivity index (χ3n) is 12.7. The van der Waals surface area contributed by atoms with Crippen molar-refractivity contribution >= 4 is 65.5 Å². The molecule has 3 heterocycles. The highest BCUT2D eigenvalue weighted by Crippen LogP contribution is 2.26. The number of carbonyl (C=O) groups is 9. The molecule has 18 N–H and O–H groups in total. The fraction of sp³-hybridized carbons (Fsp3) is 0.511. The number of aliphatic imine (C=N–C) groups is 2. The molecule has 0 radical (unpaired) electrons. The van der Waals surface area contributed by atoms with E-state index in [2.05, 4.69) is 36.8 Å². The summed E-state index contributed by atoms with van der Waals surface area (Å²) in [6, 6.07) is 8.76. The Bertz CT molecular complexity index is 2410. The van der Waals surface area contributed by atoms with Crippen LogP contribution in [-0.4, -0.2) is 189 Å². The van der Waals surface area contributed by atoms with Crippen molar-refractivity contribution in [2.75, 3.05) is 59.0 Å². The molecule has 3 saturated heterocycles.